The molecule has 2 fully saturated rings. The van der Waals surface area contributed by atoms with Gasteiger partial charge in [-0.25, -0.2) is 4.39 Å². The van der Waals surface area contributed by atoms with Crippen LogP contribution in [0, 0.1) is 11.7 Å². The Bertz CT molecular complexity index is 531. The summed E-state index contributed by atoms with van der Waals surface area (Å²) in [5.41, 5.74) is 1.31. The molecule has 2 unspecified atom stereocenters. The molecule has 1 N–H and O–H groups in total. The minimum atomic E-state index is -0.163. The summed E-state index contributed by atoms with van der Waals surface area (Å²) >= 11 is 1.85. The third-order valence-corrected chi connectivity index (χ3v) is 5.70. The molecule has 1 aromatic rings. The van der Waals surface area contributed by atoms with Gasteiger partial charge in [0.15, 0.2) is 5.17 Å². The number of thioether (sulfide) groups is 1. The molecule has 0 amide bonds. The lowest BCUT2D eigenvalue weighted by Crippen LogP contribution is -2.47. The molecule has 2 nitrogen and oxygen atoms in total. The van der Waals surface area contributed by atoms with E-state index in [2.05, 4.69) is 17.2 Å². The number of aliphatic imine (C=N–C) groups is 1. The molecule has 1 heterocycles. The first kappa shape index (κ1) is 14.9. The van der Waals surface area contributed by atoms with Crippen molar-refractivity contribution >= 4 is 16.9 Å². The maximum Gasteiger partial charge on any atom is 0.157 e. The number of hydrogen-bond donors (Lipinski definition) is 1. The summed E-state index contributed by atoms with van der Waals surface area (Å²) in [5, 5.41) is 4.76. The van der Waals surface area contributed by atoms with Crippen LogP contribution in [-0.4, -0.2) is 23.0 Å². The Morgan fingerprint density at radius 3 is 3.19 bits per heavy atom. The van der Waals surface area contributed by atoms with Crippen molar-refractivity contribution in [1.82, 2.24) is 5.32 Å². The molecular formula is C17H23FN2S. The lowest BCUT2D eigenvalue weighted by atomic mass is 9.78. The van der Waals surface area contributed by atoms with Crippen molar-refractivity contribution < 1.29 is 4.39 Å². The third-order valence-electron chi connectivity index (χ3n) is 4.49. The first-order valence-electron chi connectivity index (χ1n) is 7.85. The van der Waals surface area contributed by atoms with E-state index >= 15 is 0 Å². The number of nitrogens with one attached hydrogen (secondary N) is 1. The van der Waals surface area contributed by atoms with Gasteiger partial charge in [-0.1, -0.05) is 43.7 Å². The van der Waals surface area contributed by atoms with Crippen LogP contribution in [0.5, 0.6) is 0 Å². The van der Waals surface area contributed by atoms with Gasteiger partial charge in [0.25, 0.3) is 0 Å². The van der Waals surface area contributed by atoms with Crippen LogP contribution in [0.25, 0.3) is 0 Å². The second-order valence-electron chi connectivity index (χ2n) is 6.46. The van der Waals surface area contributed by atoms with Crippen molar-refractivity contribution in [2.45, 2.75) is 44.6 Å². The molecule has 1 saturated carbocycles. The fourth-order valence-corrected chi connectivity index (χ4v) is 4.69. The van der Waals surface area contributed by atoms with Gasteiger partial charge in [-0.2, -0.15) is 0 Å². The topological polar surface area (TPSA) is 24.4 Å². The van der Waals surface area contributed by atoms with Crippen LogP contribution < -0.4 is 5.32 Å². The van der Waals surface area contributed by atoms with Crippen LogP contribution in [0.3, 0.4) is 0 Å². The zero-order valence-corrected chi connectivity index (χ0v) is 13.4. The van der Waals surface area contributed by atoms with E-state index in [0.717, 1.165) is 35.4 Å². The van der Waals surface area contributed by atoms with Crippen LogP contribution in [0.2, 0.25) is 0 Å². The van der Waals surface area contributed by atoms with Gasteiger partial charge in [0, 0.05) is 17.8 Å². The summed E-state index contributed by atoms with van der Waals surface area (Å²) in [5.74, 6) is 1.80. The molecule has 0 bridgehead atoms. The van der Waals surface area contributed by atoms with Crippen molar-refractivity contribution in [2.24, 2.45) is 10.9 Å². The number of nitrogens with zero attached hydrogens (tertiary/aromatic N) is 1. The van der Waals surface area contributed by atoms with Crippen molar-refractivity contribution in [2.75, 3.05) is 12.3 Å². The Labute approximate surface area is 130 Å². The highest BCUT2D eigenvalue weighted by atomic mass is 32.2. The lowest BCUT2D eigenvalue weighted by molar-refractivity contribution is 0.242. The van der Waals surface area contributed by atoms with Crippen molar-refractivity contribution in [1.29, 1.82) is 0 Å². The molecule has 4 heteroatoms. The van der Waals surface area contributed by atoms with Gasteiger partial charge in [0.1, 0.15) is 5.82 Å². The smallest absolute Gasteiger partial charge is 0.157 e. The van der Waals surface area contributed by atoms with Crippen LogP contribution in [-0.2, 0) is 6.42 Å². The second kappa shape index (κ2) is 6.39. The highest BCUT2D eigenvalue weighted by molar-refractivity contribution is 8.14. The number of benzene rings is 1. The summed E-state index contributed by atoms with van der Waals surface area (Å²) in [7, 11) is 0. The number of hydrogen-bond acceptors (Lipinski definition) is 2. The molecule has 2 aliphatic rings. The molecule has 1 saturated heterocycles. The van der Waals surface area contributed by atoms with Crippen molar-refractivity contribution in [3.8, 4) is 0 Å². The quantitative estimate of drug-likeness (QED) is 0.912. The first-order valence-corrected chi connectivity index (χ1v) is 8.84. The van der Waals surface area contributed by atoms with E-state index in [1.807, 2.05) is 17.8 Å². The Kier molecular flexibility index (Phi) is 4.53. The highest BCUT2D eigenvalue weighted by Gasteiger charge is 2.40. The average Bonchev–Trinajstić information content (AvgIpc) is 2.81. The van der Waals surface area contributed by atoms with Crippen molar-refractivity contribution in [3.05, 3.63) is 35.6 Å². The molecular weight excluding hydrogens is 283 g/mol. The summed E-state index contributed by atoms with van der Waals surface area (Å²) in [6.45, 7) is 3.08. The molecule has 21 heavy (non-hydrogen) atoms. The first-order chi connectivity index (χ1) is 10.2. The maximum absolute atomic E-state index is 13.1. The SMILES string of the molecule is CC1CCCC2(CSC(=NCCc3cccc(F)c3)N2)C1. The molecule has 1 aliphatic heterocycles. The highest BCUT2D eigenvalue weighted by Crippen LogP contribution is 2.38. The average molecular weight is 306 g/mol. The number of amidine groups is 1. The Balaban J connectivity index is 1.54. The van der Waals surface area contributed by atoms with E-state index < -0.39 is 0 Å². The molecule has 0 aromatic heterocycles. The van der Waals surface area contributed by atoms with Gasteiger partial charge >= 0.3 is 0 Å². The van der Waals surface area contributed by atoms with Crippen LogP contribution in [0.4, 0.5) is 4.39 Å². The molecule has 1 spiro atoms. The van der Waals surface area contributed by atoms with Crippen LogP contribution in [0.15, 0.2) is 29.3 Å². The van der Waals surface area contributed by atoms with Crippen LogP contribution in [0.1, 0.15) is 38.2 Å². The predicted octanol–water partition coefficient (Wildman–Crippen LogP) is 4.01. The predicted molar refractivity (Wildman–Crippen MR) is 88.4 cm³/mol. The Morgan fingerprint density at radius 1 is 1.48 bits per heavy atom. The monoisotopic (exact) mass is 306 g/mol. The van der Waals surface area contributed by atoms with Gasteiger partial charge in [-0.3, -0.25) is 4.99 Å². The van der Waals surface area contributed by atoms with Gasteiger partial charge < -0.3 is 5.32 Å². The van der Waals surface area contributed by atoms with E-state index in [4.69, 9.17) is 0 Å². The van der Waals surface area contributed by atoms with Gasteiger partial charge in [-0.05, 0) is 42.9 Å². The van der Waals surface area contributed by atoms with Gasteiger partial charge in [-0.15, -0.1) is 0 Å². The molecule has 2 atom stereocenters. The molecule has 0 radical (unpaired) electrons. The summed E-state index contributed by atoms with van der Waals surface area (Å²) in [4.78, 5) is 4.67. The van der Waals surface area contributed by atoms with Gasteiger partial charge in [0.05, 0.1) is 0 Å². The standard InChI is InChI=1S/C17H23FN2S/c1-13-4-3-8-17(11-13)12-21-16(20-17)19-9-7-14-5-2-6-15(18)10-14/h2,5-6,10,13H,3-4,7-9,11-12H2,1H3,(H,19,20). The van der Waals surface area contributed by atoms with E-state index in [9.17, 15) is 4.39 Å². The summed E-state index contributed by atoms with van der Waals surface area (Å²) in [6.07, 6.45) is 6.02. The zero-order valence-electron chi connectivity index (χ0n) is 12.6. The van der Waals surface area contributed by atoms with E-state index in [0.29, 0.717) is 5.54 Å². The fourth-order valence-electron chi connectivity index (χ4n) is 3.47. The minimum Gasteiger partial charge on any atom is -0.359 e. The van der Waals surface area contributed by atoms with Crippen molar-refractivity contribution in [3.63, 3.8) is 0 Å². The minimum absolute atomic E-state index is 0.163. The van der Waals surface area contributed by atoms with Gasteiger partial charge in [0.2, 0.25) is 0 Å². The Hall–Kier alpha value is -1.03. The molecule has 1 aliphatic carbocycles. The summed E-state index contributed by atoms with van der Waals surface area (Å²) < 4.78 is 13.1. The molecule has 1 aromatic carbocycles. The molecule has 114 valence electrons. The number of halogens is 1. The fraction of sp³-hybridized carbons (Fsp3) is 0.588. The van der Waals surface area contributed by atoms with E-state index in [-0.39, 0.29) is 5.82 Å². The van der Waals surface area contributed by atoms with E-state index in [1.54, 1.807) is 12.1 Å². The third kappa shape index (κ3) is 3.79. The van der Waals surface area contributed by atoms with Crippen LogP contribution >= 0.6 is 11.8 Å². The summed E-state index contributed by atoms with van der Waals surface area (Å²) in [6, 6.07) is 6.80. The zero-order chi connectivity index (χ0) is 14.7. The van der Waals surface area contributed by atoms with E-state index in [1.165, 1.54) is 31.7 Å². The molecule has 3 rings (SSSR count). The lowest BCUT2D eigenvalue weighted by Gasteiger charge is -2.36. The largest absolute Gasteiger partial charge is 0.359 e. The Morgan fingerprint density at radius 2 is 2.38 bits per heavy atom. The number of rotatable bonds is 3. The normalized spacial score (nSPS) is 30.8. The second-order valence-corrected chi connectivity index (χ2v) is 7.43. The maximum atomic E-state index is 13.1.